The molecule has 2 N–H and O–H groups in total. The molecule has 1 aliphatic heterocycles. The molecule has 1 atom stereocenters. The molecule has 96 valence electrons. The first-order valence-corrected chi connectivity index (χ1v) is 7.45. The number of anilines is 1. The number of carbonyl (C=O) groups is 2. The van der Waals surface area contributed by atoms with E-state index in [1.165, 1.54) is 16.7 Å². The molecule has 2 amide bonds. The topological polar surface area (TPSA) is 69.6 Å². The van der Waals surface area contributed by atoms with Crippen LogP contribution in [0.5, 0.6) is 0 Å². The molecule has 1 aliphatic rings. The Hall–Kier alpha value is -0.960. The highest BCUT2D eigenvalue weighted by molar-refractivity contribution is 14.1. The largest absolute Gasteiger partial charge is 0.480 e. The number of nitrogens with zero attached hydrogens (tertiary/aromatic N) is 1. The van der Waals surface area contributed by atoms with Gasteiger partial charge in [-0.25, -0.2) is 9.59 Å². The van der Waals surface area contributed by atoms with E-state index in [0.717, 1.165) is 3.57 Å². The molecule has 1 unspecified atom stereocenters. The number of carboxylic acid groups (broad SMARTS) is 1. The van der Waals surface area contributed by atoms with E-state index in [0.29, 0.717) is 17.3 Å². The Labute approximate surface area is 122 Å². The van der Waals surface area contributed by atoms with Gasteiger partial charge in [-0.3, -0.25) is 0 Å². The van der Waals surface area contributed by atoms with Crippen LogP contribution in [-0.2, 0) is 4.79 Å². The number of carbonyl (C=O) groups excluding carboxylic acids is 1. The van der Waals surface area contributed by atoms with E-state index in [4.69, 9.17) is 5.11 Å². The first-order valence-electron chi connectivity index (χ1n) is 5.22. The number of halogens is 1. The molecule has 0 aliphatic carbocycles. The highest BCUT2D eigenvalue weighted by Crippen LogP contribution is 2.23. The Balaban J connectivity index is 2.08. The van der Waals surface area contributed by atoms with Crippen LogP contribution in [0.25, 0.3) is 0 Å². The molecule has 2 rings (SSSR count). The second-order valence-corrected chi connectivity index (χ2v) is 5.90. The summed E-state index contributed by atoms with van der Waals surface area (Å²) in [5.41, 5.74) is 0.698. The number of amides is 2. The molecule has 0 radical (unpaired) electrons. The third-order valence-electron chi connectivity index (χ3n) is 2.54. The van der Waals surface area contributed by atoms with Crippen molar-refractivity contribution in [2.45, 2.75) is 6.04 Å². The van der Waals surface area contributed by atoms with Gasteiger partial charge in [0.05, 0.1) is 11.6 Å². The number of thioether (sulfide) groups is 1. The summed E-state index contributed by atoms with van der Waals surface area (Å²) in [6, 6.07) is 6.27. The molecule has 0 saturated carbocycles. The van der Waals surface area contributed by atoms with Gasteiger partial charge in [0.25, 0.3) is 0 Å². The minimum atomic E-state index is -0.960. The summed E-state index contributed by atoms with van der Waals surface area (Å²) < 4.78 is 0.919. The van der Waals surface area contributed by atoms with Crippen LogP contribution in [0.1, 0.15) is 0 Å². The fourth-order valence-corrected chi connectivity index (χ4v) is 3.26. The van der Waals surface area contributed by atoms with Crippen LogP contribution in [0.3, 0.4) is 0 Å². The summed E-state index contributed by atoms with van der Waals surface area (Å²) in [6.45, 7) is 0. The summed E-state index contributed by atoms with van der Waals surface area (Å²) in [5, 5.41) is 11.8. The molecule has 1 fully saturated rings. The van der Waals surface area contributed by atoms with Crippen LogP contribution < -0.4 is 5.32 Å². The van der Waals surface area contributed by atoms with Gasteiger partial charge in [-0.15, -0.1) is 11.8 Å². The van der Waals surface area contributed by atoms with Gasteiger partial charge >= 0.3 is 12.0 Å². The molecule has 0 aromatic heterocycles. The number of urea groups is 1. The molecule has 1 heterocycles. The van der Waals surface area contributed by atoms with Crippen LogP contribution in [0.4, 0.5) is 10.5 Å². The first kappa shape index (κ1) is 13.5. The first-order chi connectivity index (χ1) is 8.59. The van der Waals surface area contributed by atoms with Gasteiger partial charge in [0.1, 0.15) is 6.04 Å². The Morgan fingerprint density at radius 3 is 2.83 bits per heavy atom. The number of carboxylic acids is 1. The molecule has 7 heteroatoms. The van der Waals surface area contributed by atoms with Crippen molar-refractivity contribution in [3.63, 3.8) is 0 Å². The molecule has 0 spiro atoms. The predicted octanol–water partition coefficient (Wildman–Crippen LogP) is 2.28. The molecular weight excluding hydrogens is 367 g/mol. The molecule has 18 heavy (non-hydrogen) atoms. The van der Waals surface area contributed by atoms with E-state index in [1.54, 1.807) is 6.07 Å². The van der Waals surface area contributed by atoms with Crippen molar-refractivity contribution in [3.8, 4) is 0 Å². The predicted molar refractivity (Wildman–Crippen MR) is 78.8 cm³/mol. The van der Waals surface area contributed by atoms with Crippen molar-refractivity contribution >= 4 is 52.0 Å². The minimum Gasteiger partial charge on any atom is -0.480 e. The average Bonchev–Trinajstić information content (AvgIpc) is 2.81. The van der Waals surface area contributed by atoms with Crippen LogP contribution in [-0.4, -0.2) is 39.7 Å². The summed E-state index contributed by atoms with van der Waals surface area (Å²) in [6.07, 6.45) is 0. The van der Waals surface area contributed by atoms with Crippen molar-refractivity contribution in [2.75, 3.05) is 16.9 Å². The smallest absolute Gasteiger partial charge is 0.327 e. The zero-order chi connectivity index (χ0) is 13.1. The van der Waals surface area contributed by atoms with Crippen LogP contribution in [0, 0.1) is 3.57 Å². The molecule has 1 aromatic carbocycles. The normalized spacial score (nSPS) is 18.7. The van der Waals surface area contributed by atoms with Gasteiger partial charge in [-0.05, 0) is 34.7 Å². The number of hydrogen-bond donors (Lipinski definition) is 2. The van der Waals surface area contributed by atoms with Crippen molar-refractivity contribution in [1.29, 1.82) is 0 Å². The van der Waals surface area contributed by atoms with Crippen LogP contribution in [0.2, 0.25) is 0 Å². The standard InChI is InChI=1S/C11H11IN2O3S/c12-7-3-1-2-4-8(7)13-11(17)14-6-18-5-9(14)10(15)16/h1-4,9H,5-6H2,(H,13,17)(H,15,16). The lowest BCUT2D eigenvalue weighted by Gasteiger charge is -2.21. The van der Waals surface area contributed by atoms with Crippen LogP contribution >= 0.6 is 34.4 Å². The maximum absolute atomic E-state index is 12.0. The molecule has 1 saturated heterocycles. The Bertz CT molecular complexity index is 483. The van der Waals surface area contributed by atoms with E-state index in [1.807, 2.05) is 18.2 Å². The van der Waals surface area contributed by atoms with Gasteiger partial charge in [0.15, 0.2) is 0 Å². The monoisotopic (exact) mass is 378 g/mol. The average molecular weight is 378 g/mol. The van der Waals surface area contributed by atoms with Gasteiger partial charge in [0.2, 0.25) is 0 Å². The lowest BCUT2D eigenvalue weighted by molar-refractivity contribution is -0.140. The van der Waals surface area contributed by atoms with Gasteiger partial charge < -0.3 is 15.3 Å². The van der Waals surface area contributed by atoms with Gasteiger partial charge in [-0.2, -0.15) is 0 Å². The van der Waals surface area contributed by atoms with Crippen molar-refractivity contribution in [1.82, 2.24) is 4.90 Å². The summed E-state index contributed by atoms with van der Waals surface area (Å²) in [5.74, 6) is -0.112. The zero-order valence-electron chi connectivity index (χ0n) is 9.30. The second kappa shape index (κ2) is 5.79. The van der Waals surface area contributed by atoms with Crippen molar-refractivity contribution in [2.24, 2.45) is 0 Å². The molecular formula is C11H11IN2O3S. The number of rotatable bonds is 2. The van der Waals surface area contributed by atoms with Crippen molar-refractivity contribution < 1.29 is 14.7 Å². The number of nitrogens with one attached hydrogen (secondary N) is 1. The summed E-state index contributed by atoms with van der Waals surface area (Å²) >= 11 is 3.56. The van der Waals surface area contributed by atoms with E-state index in [-0.39, 0.29) is 6.03 Å². The molecule has 0 bridgehead atoms. The fraction of sp³-hybridized carbons (Fsp3) is 0.273. The highest BCUT2D eigenvalue weighted by atomic mass is 127. The fourth-order valence-electron chi connectivity index (χ4n) is 1.60. The minimum absolute atomic E-state index is 0.364. The van der Waals surface area contributed by atoms with Gasteiger partial charge in [0, 0.05) is 9.32 Å². The lowest BCUT2D eigenvalue weighted by Crippen LogP contribution is -2.44. The van der Waals surface area contributed by atoms with E-state index < -0.39 is 12.0 Å². The Kier molecular flexibility index (Phi) is 4.33. The van der Waals surface area contributed by atoms with E-state index in [9.17, 15) is 9.59 Å². The maximum atomic E-state index is 12.0. The summed E-state index contributed by atoms with van der Waals surface area (Å²) in [4.78, 5) is 24.4. The van der Waals surface area contributed by atoms with E-state index >= 15 is 0 Å². The lowest BCUT2D eigenvalue weighted by atomic mass is 10.3. The SMILES string of the molecule is O=C(O)C1CSCN1C(=O)Nc1ccccc1I. The number of hydrogen-bond acceptors (Lipinski definition) is 3. The number of para-hydroxylation sites is 1. The van der Waals surface area contributed by atoms with Crippen molar-refractivity contribution in [3.05, 3.63) is 27.8 Å². The highest BCUT2D eigenvalue weighted by Gasteiger charge is 2.34. The number of benzene rings is 1. The second-order valence-electron chi connectivity index (χ2n) is 3.73. The third-order valence-corrected chi connectivity index (χ3v) is 4.50. The molecule has 5 nitrogen and oxygen atoms in total. The maximum Gasteiger partial charge on any atom is 0.327 e. The third kappa shape index (κ3) is 2.89. The summed E-state index contributed by atoms with van der Waals surface area (Å²) in [7, 11) is 0. The zero-order valence-corrected chi connectivity index (χ0v) is 12.3. The quantitative estimate of drug-likeness (QED) is 0.775. The van der Waals surface area contributed by atoms with Gasteiger partial charge in [-0.1, -0.05) is 12.1 Å². The van der Waals surface area contributed by atoms with E-state index in [2.05, 4.69) is 27.9 Å². The Morgan fingerprint density at radius 2 is 2.17 bits per heavy atom. The molecule has 1 aromatic rings. The number of aliphatic carboxylic acids is 1. The Morgan fingerprint density at radius 1 is 1.44 bits per heavy atom. The van der Waals surface area contributed by atoms with Crippen LogP contribution in [0.15, 0.2) is 24.3 Å².